The van der Waals surface area contributed by atoms with Gasteiger partial charge in [-0.2, -0.15) is 0 Å². The van der Waals surface area contributed by atoms with E-state index in [1.54, 1.807) is 17.9 Å². The Labute approximate surface area is 188 Å². The third kappa shape index (κ3) is 4.66. The molecule has 2 fully saturated rings. The lowest BCUT2D eigenvalue weighted by atomic mass is 9.72. The van der Waals surface area contributed by atoms with Crippen LogP contribution in [0.4, 0.5) is 4.39 Å². The molecule has 2 amide bonds. The number of aryl methyl sites for hydroxylation is 2. The maximum atomic E-state index is 13.9. The van der Waals surface area contributed by atoms with Crippen LogP contribution in [0.5, 0.6) is 0 Å². The van der Waals surface area contributed by atoms with Crippen molar-refractivity contribution in [2.24, 2.45) is 5.41 Å². The van der Waals surface area contributed by atoms with Crippen LogP contribution in [0.25, 0.3) is 0 Å². The Hall–Kier alpha value is -2.83. The average Bonchev–Trinajstić information content (AvgIpc) is 3.23. The van der Waals surface area contributed by atoms with Gasteiger partial charge in [-0.1, -0.05) is 12.1 Å². The third-order valence-corrected chi connectivity index (χ3v) is 6.89. The normalized spacial score (nSPS) is 20.4. The van der Waals surface area contributed by atoms with Crippen molar-refractivity contribution in [1.82, 2.24) is 19.8 Å². The number of hydrogen-bond acceptors (Lipinski definition) is 4. The first kappa shape index (κ1) is 22.4. The molecule has 0 aliphatic carbocycles. The summed E-state index contributed by atoms with van der Waals surface area (Å²) in [5.41, 5.74) is 2.08. The fraction of sp³-hybridized carbons (Fsp3) is 0.520. The van der Waals surface area contributed by atoms with Gasteiger partial charge in [-0.05, 0) is 63.3 Å². The van der Waals surface area contributed by atoms with Crippen LogP contribution in [0.15, 0.2) is 30.3 Å². The fourth-order valence-electron chi connectivity index (χ4n) is 5.18. The van der Waals surface area contributed by atoms with E-state index >= 15 is 0 Å². The molecule has 0 bridgehead atoms. The molecular formula is C25H31FN4O2. The van der Waals surface area contributed by atoms with Gasteiger partial charge in [-0.15, -0.1) is 0 Å². The average molecular weight is 439 g/mol. The van der Waals surface area contributed by atoms with Gasteiger partial charge in [-0.25, -0.2) is 14.4 Å². The number of halogens is 1. The number of amides is 2. The summed E-state index contributed by atoms with van der Waals surface area (Å²) in [4.78, 5) is 38.7. The second-order valence-corrected chi connectivity index (χ2v) is 9.34. The third-order valence-electron chi connectivity index (χ3n) is 6.89. The monoisotopic (exact) mass is 438 g/mol. The Morgan fingerprint density at radius 3 is 2.38 bits per heavy atom. The van der Waals surface area contributed by atoms with Gasteiger partial charge in [0.15, 0.2) is 0 Å². The van der Waals surface area contributed by atoms with E-state index < -0.39 is 5.41 Å². The van der Waals surface area contributed by atoms with E-state index in [0.29, 0.717) is 45.4 Å². The number of benzene rings is 1. The summed E-state index contributed by atoms with van der Waals surface area (Å²) in [7, 11) is 0. The molecule has 1 aromatic heterocycles. The van der Waals surface area contributed by atoms with Crippen LogP contribution in [-0.2, 0) is 16.0 Å². The van der Waals surface area contributed by atoms with E-state index in [4.69, 9.17) is 0 Å². The highest BCUT2D eigenvalue weighted by Crippen LogP contribution is 2.39. The molecule has 1 atom stereocenters. The van der Waals surface area contributed by atoms with Gasteiger partial charge >= 0.3 is 0 Å². The molecule has 0 N–H and O–H groups in total. The van der Waals surface area contributed by atoms with E-state index in [1.165, 1.54) is 12.1 Å². The topological polar surface area (TPSA) is 66.4 Å². The second-order valence-electron chi connectivity index (χ2n) is 9.34. The molecule has 0 radical (unpaired) electrons. The molecule has 32 heavy (non-hydrogen) atoms. The molecule has 1 aromatic carbocycles. The molecule has 3 heterocycles. The molecule has 4 rings (SSSR count). The fourth-order valence-corrected chi connectivity index (χ4v) is 5.18. The zero-order valence-electron chi connectivity index (χ0n) is 19.1. The van der Waals surface area contributed by atoms with Crippen LogP contribution in [0.1, 0.15) is 54.9 Å². The van der Waals surface area contributed by atoms with Crippen LogP contribution in [0, 0.1) is 25.1 Å². The summed E-state index contributed by atoms with van der Waals surface area (Å²) in [6, 6.07) is 8.47. The van der Waals surface area contributed by atoms with Gasteiger partial charge in [0.2, 0.25) is 11.8 Å². The summed E-state index contributed by atoms with van der Waals surface area (Å²) in [6.45, 7) is 7.86. The molecular weight excluding hydrogens is 407 g/mol. The summed E-state index contributed by atoms with van der Waals surface area (Å²) in [5, 5.41) is 0. The lowest BCUT2D eigenvalue weighted by molar-refractivity contribution is -0.147. The number of nitrogens with zero attached hydrogens (tertiary/aromatic N) is 4. The number of likely N-dealkylation sites (tertiary alicyclic amines) is 2. The summed E-state index contributed by atoms with van der Waals surface area (Å²) in [6.07, 6.45) is 2.49. The first-order valence-electron chi connectivity index (χ1n) is 11.4. The first-order chi connectivity index (χ1) is 15.3. The number of rotatable bonds is 4. The number of carbonyl (C=O) groups excluding carboxylic acids is 2. The number of aromatic nitrogens is 2. The standard InChI is InChI=1S/C25H31FN4O2/c1-17-13-18(2)28-23(27-17)21-7-10-30(16-21)24(32)25(8-11-29(12-9-25)19(3)31)15-20-5-4-6-22(26)14-20/h4-6,13-14,21H,7-12,15-16H2,1-3H3/t21-/m0/s1. The molecule has 0 spiro atoms. The van der Waals surface area contributed by atoms with E-state index in [1.807, 2.05) is 30.9 Å². The molecule has 2 aliphatic heterocycles. The Morgan fingerprint density at radius 2 is 1.75 bits per heavy atom. The smallest absolute Gasteiger partial charge is 0.229 e. The van der Waals surface area contributed by atoms with Crippen molar-refractivity contribution in [2.45, 2.75) is 52.4 Å². The highest BCUT2D eigenvalue weighted by atomic mass is 19.1. The minimum Gasteiger partial charge on any atom is -0.343 e. The maximum absolute atomic E-state index is 13.9. The van der Waals surface area contributed by atoms with Gasteiger partial charge in [0.1, 0.15) is 11.6 Å². The Kier molecular flexibility index (Phi) is 6.26. The van der Waals surface area contributed by atoms with Crippen LogP contribution in [-0.4, -0.2) is 57.8 Å². The highest BCUT2D eigenvalue weighted by molar-refractivity contribution is 5.84. The van der Waals surface area contributed by atoms with Crippen LogP contribution in [0.2, 0.25) is 0 Å². The zero-order valence-corrected chi connectivity index (χ0v) is 19.1. The molecule has 7 heteroatoms. The summed E-state index contributed by atoms with van der Waals surface area (Å²) >= 11 is 0. The van der Waals surface area contributed by atoms with Gasteiger partial charge in [0, 0.05) is 50.4 Å². The van der Waals surface area contributed by atoms with E-state index in [0.717, 1.165) is 29.2 Å². The Bertz CT molecular complexity index is 997. The first-order valence-corrected chi connectivity index (χ1v) is 11.4. The van der Waals surface area contributed by atoms with E-state index in [-0.39, 0.29) is 23.5 Å². The van der Waals surface area contributed by atoms with Crippen molar-refractivity contribution in [3.05, 3.63) is 58.9 Å². The van der Waals surface area contributed by atoms with Crippen LogP contribution >= 0.6 is 0 Å². The SMILES string of the molecule is CC(=O)N1CCC(Cc2cccc(F)c2)(C(=O)N2CC[C@H](c3nc(C)cc(C)n3)C2)CC1. The second kappa shape index (κ2) is 8.96. The highest BCUT2D eigenvalue weighted by Gasteiger charge is 2.45. The van der Waals surface area contributed by atoms with E-state index in [2.05, 4.69) is 9.97 Å². The number of carbonyl (C=O) groups is 2. The van der Waals surface area contributed by atoms with Crippen molar-refractivity contribution in [2.75, 3.05) is 26.2 Å². The van der Waals surface area contributed by atoms with Crippen molar-refractivity contribution in [3.63, 3.8) is 0 Å². The van der Waals surface area contributed by atoms with Crippen molar-refractivity contribution in [1.29, 1.82) is 0 Å². The van der Waals surface area contributed by atoms with Crippen molar-refractivity contribution in [3.8, 4) is 0 Å². The lowest BCUT2D eigenvalue weighted by Gasteiger charge is -2.42. The summed E-state index contributed by atoms with van der Waals surface area (Å²) < 4.78 is 13.9. The number of hydrogen-bond donors (Lipinski definition) is 0. The molecule has 0 unspecified atom stereocenters. The minimum atomic E-state index is -0.627. The van der Waals surface area contributed by atoms with Gasteiger partial charge in [0.25, 0.3) is 0 Å². The quantitative estimate of drug-likeness (QED) is 0.734. The maximum Gasteiger partial charge on any atom is 0.229 e. The Balaban J connectivity index is 1.55. The van der Waals surface area contributed by atoms with Gasteiger partial charge < -0.3 is 9.80 Å². The van der Waals surface area contributed by atoms with Crippen LogP contribution < -0.4 is 0 Å². The summed E-state index contributed by atoms with van der Waals surface area (Å²) in [5.74, 6) is 0.783. The zero-order chi connectivity index (χ0) is 22.9. The van der Waals surface area contributed by atoms with E-state index in [9.17, 15) is 14.0 Å². The Morgan fingerprint density at radius 1 is 1.06 bits per heavy atom. The molecule has 0 saturated carbocycles. The predicted octanol–water partition coefficient (Wildman–Crippen LogP) is 3.42. The van der Waals surface area contributed by atoms with Crippen molar-refractivity contribution < 1.29 is 14.0 Å². The van der Waals surface area contributed by atoms with Crippen LogP contribution in [0.3, 0.4) is 0 Å². The number of piperidine rings is 1. The molecule has 2 aromatic rings. The molecule has 2 saturated heterocycles. The van der Waals surface area contributed by atoms with Gasteiger partial charge in [-0.3, -0.25) is 9.59 Å². The van der Waals surface area contributed by atoms with Gasteiger partial charge in [0.05, 0.1) is 5.41 Å². The lowest BCUT2D eigenvalue weighted by Crippen LogP contribution is -2.51. The molecule has 6 nitrogen and oxygen atoms in total. The molecule has 170 valence electrons. The van der Waals surface area contributed by atoms with Crippen molar-refractivity contribution >= 4 is 11.8 Å². The predicted molar refractivity (Wildman–Crippen MR) is 119 cm³/mol. The largest absolute Gasteiger partial charge is 0.343 e. The minimum absolute atomic E-state index is 0.0324. The molecule has 2 aliphatic rings.